The highest BCUT2D eigenvalue weighted by Crippen LogP contribution is 2.23. The summed E-state index contributed by atoms with van der Waals surface area (Å²) >= 11 is 1.16. The van der Waals surface area contributed by atoms with Crippen molar-refractivity contribution in [3.63, 3.8) is 0 Å². The minimum atomic E-state index is -0.300. The van der Waals surface area contributed by atoms with Gasteiger partial charge in [-0.25, -0.2) is 9.97 Å². The lowest BCUT2D eigenvalue weighted by atomic mass is 10.1. The second-order valence-electron chi connectivity index (χ2n) is 6.70. The molecule has 2 N–H and O–H groups in total. The molecule has 0 atom stereocenters. The van der Waals surface area contributed by atoms with Crippen LogP contribution in [-0.2, 0) is 11.3 Å². The molecule has 0 spiro atoms. The summed E-state index contributed by atoms with van der Waals surface area (Å²) in [4.78, 5) is 33.6. The lowest BCUT2D eigenvalue weighted by molar-refractivity contribution is -0.113. The van der Waals surface area contributed by atoms with Gasteiger partial charge in [-0.3, -0.25) is 9.59 Å². The highest BCUT2D eigenvalue weighted by atomic mass is 32.2. The molecule has 1 heterocycles. The number of nitriles is 1. The molecule has 0 aliphatic heterocycles. The highest BCUT2D eigenvalue weighted by Gasteiger charge is 2.15. The van der Waals surface area contributed by atoms with Crippen LogP contribution in [0.5, 0.6) is 0 Å². The Labute approximate surface area is 184 Å². The lowest BCUT2D eigenvalue weighted by Crippen LogP contribution is -2.25. The van der Waals surface area contributed by atoms with Gasteiger partial charge >= 0.3 is 0 Å². The minimum absolute atomic E-state index is 0.0462. The Kier molecular flexibility index (Phi) is 7.35. The van der Waals surface area contributed by atoms with E-state index in [0.717, 1.165) is 17.3 Å². The first-order valence-electron chi connectivity index (χ1n) is 9.57. The maximum atomic E-state index is 12.6. The third-order valence-corrected chi connectivity index (χ3v) is 5.34. The summed E-state index contributed by atoms with van der Waals surface area (Å²) in [6.45, 7) is 3.87. The van der Waals surface area contributed by atoms with Crippen molar-refractivity contribution in [2.75, 3.05) is 11.1 Å². The zero-order valence-electron chi connectivity index (χ0n) is 17.2. The number of thioether (sulfide) groups is 1. The maximum Gasteiger partial charge on any atom is 0.253 e. The van der Waals surface area contributed by atoms with Gasteiger partial charge in [0.25, 0.3) is 5.91 Å². The zero-order chi connectivity index (χ0) is 22.2. The van der Waals surface area contributed by atoms with E-state index in [0.29, 0.717) is 39.9 Å². The van der Waals surface area contributed by atoms with Gasteiger partial charge in [-0.2, -0.15) is 5.26 Å². The standard InChI is InChI=1S/C23H21N5O2S/c1-15-19(12-24)23(27-16(2)26-15)31-14-21(29)28-20-11-7-6-10-18(20)22(30)25-13-17-8-4-3-5-9-17/h3-11H,13-14H2,1-2H3,(H,25,30)(H,28,29). The average Bonchev–Trinajstić information content (AvgIpc) is 2.77. The molecular formula is C23H21N5O2S. The number of nitrogens with zero attached hydrogens (tertiary/aromatic N) is 3. The van der Waals surface area contributed by atoms with Crippen LogP contribution in [0.1, 0.15) is 33.0 Å². The van der Waals surface area contributed by atoms with E-state index in [2.05, 4.69) is 26.7 Å². The van der Waals surface area contributed by atoms with Crippen molar-refractivity contribution in [3.8, 4) is 6.07 Å². The molecule has 1 aromatic heterocycles. The number of benzene rings is 2. The van der Waals surface area contributed by atoms with Crippen LogP contribution < -0.4 is 10.6 Å². The van der Waals surface area contributed by atoms with Crippen LogP contribution in [-0.4, -0.2) is 27.5 Å². The van der Waals surface area contributed by atoms with Gasteiger partial charge in [0.05, 0.1) is 22.7 Å². The van der Waals surface area contributed by atoms with Crippen LogP contribution in [0.15, 0.2) is 59.6 Å². The minimum Gasteiger partial charge on any atom is -0.348 e. The molecule has 0 aliphatic carbocycles. The van der Waals surface area contributed by atoms with Gasteiger partial charge in [-0.05, 0) is 31.5 Å². The molecule has 2 aromatic carbocycles. The summed E-state index contributed by atoms with van der Waals surface area (Å²) in [7, 11) is 0. The SMILES string of the molecule is Cc1nc(C)c(C#N)c(SCC(=O)Nc2ccccc2C(=O)NCc2ccccc2)n1. The van der Waals surface area contributed by atoms with E-state index in [4.69, 9.17) is 0 Å². The summed E-state index contributed by atoms with van der Waals surface area (Å²) in [5.74, 6) is 0.0112. The molecule has 0 bridgehead atoms. The Hall–Kier alpha value is -3.70. The van der Waals surface area contributed by atoms with Gasteiger partial charge in [-0.1, -0.05) is 54.2 Å². The summed E-state index contributed by atoms with van der Waals surface area (Å²) < 4.78 is 0. The van der Waals surface area contributed by atoms with E-state index < -0.39 is 0 Å². The molecule has 0 saturated carbocycles. The van der Waals surface area contributed by atoms with Crippen LogP contribution in [0.25, 0.3) is 0 Å². The van der Waals surface area contributed by atoms with Crippen LogP contribution in [0.2, 0.25) is 0 Å². The third kappa shape index (κ3) is 5.90. The molecular weight excluding hydrogens is 410 g/mol. The molecule has 0 fully saturated rings. The summed E-state index contributed by atoms with van der Waals surface area (Å²) in [5.41, 5.74) is 2.73. The summed E-state index contributed by atoms with van der Waals surface area (Å²) in [6, 6.07) is 18.5. The monoisotopic (exact) mass is 431 g/mol. The number of hydrogen-bond donors (Lipinski definition) is 2. The van der Waals surface area contributed by atoms with Gasteiger partial charge in [-0.15, -0.1) is 0 Å². The predicted molar refractivity (Wildman–Crippen MR) is 120 cm³/mol. The number of carbonyl (C=O) groups excluding carboxylic acids is 2. The summed E-state index contributed by atoms with van der Waals surface area (Å²) in [5, 5.41) is 15.4. The molecule has 8 heteroatoms. The predicted octanol–water partition coefficient (Wildman–Crippen LogP) is 3.63. The second-order valence-corrected chi connectivity index (χ2v) is 7.66. The van der Waals surface area contributed by atoms with E-state index in [1.54, 1.807) is 38.1 Å². The van der Waals surface area contributed by atoms with Gasteiger partial charge in [0.1, 0.15) is 22.5 Å². The van der Waals surface area contributed by atoms with Crippen molar-refractivity contribution in [1.29, 1.82) is 5.26 Å². The van der Waals surface area contributed by atoms with Gasteiger partial charge < -0.3 is 10.6 Å². The van der Waals surface area contributed by atoms with E-state index >= 15 is 0 Å². The molecule has 3 aromatic rings. The fraction of sp³-hybridized carbons (Fsp3) is 0.174. The molecule has 3 rings (SSSR count). The topological polar surface area (TPSA) is 108 Å². The first-order valence-corrected chi connectivity index (χ1v) is 10.6. The highest BCUT2D eigenvalue weighted by molar-refractivity contribution is 8.00. The largest absolute Gasteiger partial charge is 0.348 e. The van der Waals surface area contributed by atoms with E-state index in [1.165, 1.54) is 0 Å². The Morgan fingerprint density at radius 1 is 1.03 bits per heavy atom. The van der Waals surface area contributed by atoms with E-state index in [1.807, 2.05) is 30.3 Å². The first-order chi connectivity index (χ1) is 15.0. The number of rotatable bonds is 7. The molecule has 2 amide bonds. The van der Waals surface area contributed by atoms with Crippen molar-refractivity contribution >= 4 is 29.3 Å². The number of para-hydroxylation sites is 1. The van der Waals surface area contributed by atoms with Crippen LogP contribution in [0.4, 0.5) is 5.69 Å². The average molecular weight is 432 g/mol. The van der Waals surface area contributed by atoms with Crippen molar-refractivity contribution < 1.29 is 9.59 Å². The number of amides is 2. The van der Waals surface area contributed by atoms with Crippen LogP contribution in [0, 0.1) is 25.2 Å². The second kappa shape index (κ2) is 10.4. The fourth-order valence-corrected chi connectivity index (χ4v) is 3.77. The molecule has 31 heavy (non-hydrogen) atoms. The quantitative estimate of drug-likeness (QED) is 0.437. The first kappa shape index (κ1) is 22.0. The molecule has 156 valence electrons. The van der Waals surface area contributed by atoms with Gasteiger partial charge in [0, 0.05) is 6.54 Å². The smallest absolute Gasteiger partial charge is 0.253 e. The Morgan fingerprint density at radius 2 is 1.74 bits per heavy atom. The Balaban J connectivity index is 1.65. The van der Waals surface area contributed by atoms with E-state index in [-0.39, 0.29) is 17.6 Å². The lowest BCUT2D eigenvalue weighted by Gasteiger charge is -2.12. The third-order valence-electron chi connectivity index (χ3n) is 4.36. The number of anilines is 1. The van der Waals surface area contributed by atoms with Crippen molar-refractivity contribution in [2.24, 2.45) is 0 Å². The van der Waals surface area contributed by atoms with Crippen molar-refractivity contribution in [3.05, 3.63) is 82.8 Å². The zero-order valence-corrected chi connectivity index (χ0v) is 18.0. The van der Waals surface area contributed by atoms with Crippen molar-refractivity contribution in [1.82, 2.24) is 15.3 Å². The number of carbonyl (C=O) groups is 2. The maximum absolute atomic E-state index is 12.6. The molecule has 0 aliphatic rings. The van der Waals surface area contributed by atoms with Gasteiger partial charge in [0.15, 0.2) is 0 Å². The Bertz CT molecular complexity index is 1140. The Morgan fingerprint density at radius 3 is 2.48 bits per heavy atom. The molecule has 0 saturated heterocycles. The number of aromatic nitrogens is 2. The van der Waals surface area contributed by atoms with Crippen LogP contribution in [0.3, 0.4) is 0 Å². The number of hydrogen-bond acceptors (Lipinski definition) is 6. The van der Waals surface area contributed by atoms with Crippen molar-refractivity contribution in [2.45, 2.75) is 25.4 Å². The number of aryl methyl sites for hydroxylation is 2. The fourth-order valence-electron chi connectivity index (χ4n) is 2.90. The van der Waals surface area contributed by atoms with Crippen LogP contribution >= 0.6 is 11.8 Å². The number of nitrogens with one attached hydrogen (secondary N) is 2. The van der Waals surface area contributed by atoms with Gasteiger partial charge in [0.2, 0.25) is 5.91 Å². The van der Waals surface area contributed by atoms with E-state index in [9.17, 15) is 14.9 Å². The summed E-state index contributed by atoms with van der Waals surface area (Å²) in [6.07, 6.45) is 0. The molecule has 7 nitrogen and oxygen atoms in total. The molecule has 0 unspecified atom stereocenters. The molecule has 0 radical (unpaired) electrons. The normalized spacial score (nSPS) is 10.2.